The van der Waals surface area contributed by atoms with Gasteiger partial charge >= 0.3 is 0 Å². The van der Waals surface area contributed by atoms with Gasteiger partial charge in [-0.25, -0.2) is 0 Å². The zero-order valence-corrected chi connectivity index (χ0v) is 14.8. The highest BCUT2D eigenvalue weighted by Gasteiger charge is 2.30. The lowest BCUT2D eigenvalue weighted by molar-refractivity contribution is 0.850. The van der Waals surface area contributed by atoms with E-state index in [9.17, 15) is 0 Å². The molecule has 0 amide bonds. The SMILES string of the molecule is Brc1cccc(N2C[C@@H](c3ccccc3)C(c3cccs3)=N2)c1. The largest absolute Gasteiger partial charge is 0.264 e. The quantitative estimate of drug-likeness (QED) is 0.582. The average Bonchev–Trinajstić information content (AvgIpc) is 3.25. The van der Waals surface area contributed by atoms with E-state index in [4.69, 9.17) is 5.10 Å². The van der Waals surface area contributed by atoms with Crippen molar-refractivity contribution in [1.82, 2.24) is 0 Å². The maximum atomic E-state index is 4.94. The van der Waals surface area contributed by atoms with Crippen LogP contribution in [0.4, 0.5) is 5.69 Å². The first-order chi connectivity index (χ1) is 11.3. The molecule has 0 spiro atoms. The van der Waals surface area contributed by atoms with E-state index in [-0.39, 0.29) is 0 Å². The summed E-state index contributed by atoms with van der Waals surface area (Å²) in [6, 6.07) is 23.2. The molecule has 1 aromatic heterocycles. The van der Waals surface area contributed by atoms with Gasteiger partial charge in [0.05, 0.1) is 22.8 Å². The van der Waals surface area contributed by atoms with Crippen molar-refractivity contribution < 1.29 is 0 Å². The van der Waals surface area contributed by atoms with Crippen LogP contribution in [0, 0.1) is 0 Å². The third-order valence-corrected chi connectivity index (χ3v) is 5.38. The van der Waals surface area contributed by atoms with Crippen LogP contribution >= 0.6 is 27.3 Å². The molecule has 23 heavy (non-hydrogen) atoms. The lowest BCUT2D eigenvalue weighted by Gasteiger charge is -2.16. The van der Waals surface area contributed by atoms with Crippen molar-refractivity contribution in [2.75, 3.05) is 11.6 Å². The second-order valence-corrected chi connectivity index (χ2v) is 7.35. The number of nitrogens with zero attached hydrogens (tertiary/aromatic N) is 2. The minimum absolute atomic E-state index is 0.300. The molecule has 0 radical (unpaired) electrons. The molecular formula is C19H15BrN2S. The van der Waals surface area contributed by atoms with Crippen LogP contribution in [0.2, 0.25) is 0 Å². The maximum Gasteiger partial charge on any atom is 0.0874 e. The predicted molar refractivity (Wildman–Crippen MR) is 102 cm³/mol. The summed E-state index contributed by atoms with van der Waals surface area (Å²) in [6.07, 6.45) is 0. The summed E-state index contributed by atoms with van der Waals surface area (Å²) < 4.78 is 1.08. The van der Waals surface area contributed by atoms with Gasteiger partial charge in [-0.15, -0.1) is 11.3 Å². The Balaban J connectivity index is 1.75. The Bertz CT molecular complexity index is 828. The molecule has 0 unspecified atom stereocenters. The highest BCUT2D eigenvalue weighted by Crippen LogP contribution is 2.33. The smallest absolute Gasteiger partial charge is 0.0874 e. The lowest BCUT2D eigenvalue weighted by Crippen LogP contribution is -2.18. The highest BCUT2D eigenvalue weighted by molar-refractivity contribution is 9.10. The molecule has 0 saturated heterocycles. The Kier molecular flexibility index (Phi) is 4.02. The summed E-state index contributed by atoms with van der Waals surface area (Å²) in [4.78, 5) is 1.25. The summed E-state index contributed by atoms with van der Waals surface area (Å²) in [5.41, 5.74) is 3.59. The monoisotopic (exact) mass is 382 g/mol. The minimum Gasteiger partial charge on any atom is -0.264 e. The molecule has 1 atom stereocenters. The second kappa shape index (κ2) is 6.30. The third-order valence-electron chi connectivity index (χ3n) is 4.00. The van der Waals surface area contributed by atoms with Crippen LogP contribution in [0.1, 0.15) is 16.4 Å². The number of benzene rings is 2. The Hall–Kier alpha value is -1.91. The van der Waals surface area contributed by atoms with Gasteiger partial charge in [-0.1, -0.05) is 58.4 Å². The van der Waals surface area contributed by atoms with E-state index in [2.05, 4.69) is 87.0 Å². The molecule has 0 bridgehead atoms. The van der Waals surface area contributed by atoms with E-state index in [0.29, 0.717) is 5.92 Å². The van der Waals surface area contributed by atoms with Gasteiger partial charge in [0, 0.05) is 10.4 Å². The Morgan fingerprint density at radius 2 is 1.87 bits per heavy atom. The molecule has 4 rings (SSSR count). The van der Waals surface area contributed by atoms with Crippen molar-refractivity contribution in [1.29, 1.82) is 0 Å². The van der Waals surface area contributed by atoms with E-state index >= 15 is 0 Å². The molecule has 3 aromatic rings. The zero-order valence-electron chi connectivity index (χ0n) is 12.4. The van der Waals surface area contributed by atoms with Crippen molar-refractivity contribution >= 4 is 38.7 Å². The van der Waals surface area contributed by atoms with Crippen molar-refractivity contribution in [2.45, 2.75) is 5.92 Å². The lowest BCUT2D eigenvalue weighted by atomic mass is 9.94. The summed E-state index contributed by atoms with van der Waals surface area (Å²) in [5, 5.41) is 9.16. The first kappa shape index (κ1) is 14.7. The number of halogens is 1. The molecule has 4 heteroatoms. The van der Waals surface area contributed by atoms with Crippen LogP contribution in [-0.4, -0.2) is 12.3 Å². The molecule has 0 fully saturated rings. The van der Waals surface area contributed by atoms with Crippen molar-refractivity contribution in [3.8, 4) is 0 Å². The maximum absolute atomic E-state index is 4.94. The van der Waals surface area contributed by atoms with Crippen molar-refractivity contribution in [2.24, 2.45) is 5.10 Å². The topological polar surface area (TPSA) is 15.6 Å². The molecule has 0 aliphatic carbocycles. The minimum atomic E-state index is 0.300. The van der Waals surface area contributed by atoms with Gasteiger partial charge in [0.25, 0.3) is 0 Å². The molecule has 2 aromatic carbocycles. The number of hydrogen-bond acceptors (Lipinski definition) is 3. The molecule has 114 valence electrons. The number of anilines is 1. The van der Waals surface area contributed by atoms with E-state index in [1.54, 1.807) is 11.3 Å². The molecule has 2 heterocycles. The average molecular weight is 383 g/mol. The van der Waals surface area contributed by atoms with E-state index in [1.165, 1.54) is 10.4 Å². The van der Waals surface area contributed by atoms with Gasteiger partial charge in [-0.2, -0.15) is 5.10 Å². The molecule has 2 nitrogen and oxygen atoms in total. The molecule has 0 N–H and O–H groups in total. The van der Waals surface area contributed by atoms with Gasteiger partial charge < -0.3 is 0 Å². The molecule has 1 aliphatic heterocycles. The van der Waals surface area contributed by atoms with Gasteiger partial charge in [0.1, 0.15) is 0 Å². The van der Waals surface area contributed by atoms with Gasteiger partial charge in [0.15, 0.2) is 0 Å². The van der Waals surface area contributed by atoms with E-state index < -0.39 is 0 Å². The van der Waals surface area contributed by atoms with Gasteiger partial charge in [0.2, 0.25) is 0 Å². The Labute approximate surface area is 148 Å². The highest BCUT2D eigenvalue weighted by atomic mass is 79.9. The normalized spacial score (nSPS) is 17.3. The van der Waals surface area contributed by atoms with Crippen LogP contribution in [0.5, 0.6) is 0 Å². The Morgan fingerprint density at radius 3 is 2.61 bits per heavy atom. The number of rotatable bonds is 3. The van der Waals surface area contributed by atoms with Crippen molar-refractivity contribution in [3.05, 3.63) is 87.0 Å². The summed E-state index contributed by atoms with van der Waals surface area (Å²) in [7, 11) is 0. The summed E-state index contributed by atoms with van der Waals surface area (Å²) in [5.74, 6) is 0.300. The van der Waals surface area contributed by atoms with Crippen LogP contribution in [-0.2, 0) is 0 Å². The standard InChI is InChI=1S/C19H15BrN2S/c20-15-8-4-9-16(12-15)22-13-17(14-6-2-1-3-7-14)19(21-22)18-10-5-11-23-18/h1-12,17H,13H2/t17-/m0/s1. The fourth-order valence-corrected chi connectivity index (χ4v) is 4.05. The summed E-state index contributed by atoms with van der Waals surface area (Å²) >= 11 is 5.30. The fraction of sp³-hybridized carbons (Fsp3) is 0.105. The van der Waals surface area contributed by atoms with E-state index in [1.807, 2.05) is 6.07 Å². The van der Waals surface area contributed by atoms with Crippen LogP contribution < -0.4 is 5.01 Å². The number of hydrogen-bond donors (Lipinski definition) is 0. The molecule has 0 saturated carbocycles. The molecule has 1 aliphatic rings. The first-order valence-corrected chi connectivity index (χ1v) is 9.19. The predicted octanol–water partition coefficient (Wildman–Crippen LogP) is 5.52. The fourth-order valence-electron chi connectivity index (χ4n) is 2.89. The zero-order chi connectivity index (χ0) is 15.6. The summed E-state index contributed by atoms with van der Waals surface area (Å²) in [6.45, 7) is 0.869. The van der Waals surface area contributed by atoms with Crippen LogP contribution in [0.25, 0.3) is 0 Å². The number of thiophene rings is 1. The second-order valence-electron chi connectivity index (χ2n) is 5.49. The Morgan fingerprint density at radius 1 is 1.00 bits per heavy atom. The van der Waals surface area contributed by atoms with Gasteiger partial charge in [-0.3, -0.25) is 5.01 Å². The van der Waals surface area contributed by atoms with Crippen LogP contribution in [0.3, 0.4) is 0 Å². The third kappa shape index (κ3) is 2.96. The first-order valence-electron chi connectivity index (χ1n) is 7.52. The van der Waals surface area contributed by atoms with Gasteiger partial charge in [-0.05, 0) is 35.2 Å². The van der Waals surface area contributed by atoms with Crippen molar-refractivity contribution in [3.63, 3.8) is 0 Å². The van der Waals surface area contributed by atoms with E-state index in [0.717, 1.165) is 22.4 Å². The molecular weight excluding hydrogens is 368 g/mol. The number of hydrazone groups is 1. The van der Waals surface area contributed by atoms with Crippen LogP contribution in [0.15, 0.2) is 81.7 Å².